The highest BCUT2D eigenvalue weighted by Crippen LogP contribution is 2.57. The quantitative estimate of drug-likeness (QED) is 0.145. The Morgan fingerprint density at radius 1 is 0.209 bits per heavy atom. The second-order valence-electron chi connectivity index (χ2n) is 31.2. The summed E-state index contributed by atoms with van der Waals surface area (Å²) in [6.45, 7) is 9.51. The zero-order valence-corrected chi connectivity index (χ0v) is 62.3. The maximum Gasteiger partial charge on any atom is 0.143 e. The molecule has 0 unspecified atom stereocenters. The smallest absolute Gasteiger partial charge is 0.143 e. The van der Waals surface area contributed by atoms with Gasteiger partial charge in [-0.25, -0.2) is 0 Å². The zero-order chi connectivity index (χ0) is 73.1. The van der Waals surface area contributed by atoms with Gasteiger partial charge in [-0.2, -0.15) is 0 Å². The van der Waals surface area contributed by atoms with Gasteiger partial charge in [0.05, 0.1) is 0 Å². The van der Waals surface area contributed by atoms with Crippen LogP contribution in [-0.2, 0) is 10.8 Å². The molecule has 21 aromatic rings. The van der Waals surface area contributed by atoms with E-state index in [2.05, 4.69) is 386 Å². The fraction of sp³-hybridized carbons (Fsp3) is 0.0556. The molecule has 2 heterocycles. The largest absolute Gasteiger partial charge is 0.455 e. The maximum absolute atomic E-state index is 6.50. The lowest BCUT2D eigenvalue weighted by Crippen LogP contribution is -2.14. The first-order chi connectivity index (χ1) is 54.1. The molecule has 0 N–H and O–H groups in total. The van der Waals surface area contributed by atoms with Crippen molar-refractivity contribution in [2.45, 2.75) is 38.5 Å². The minimum atomic E-state index is -0.0968. The number of furan rings is 1. The molecule has 110 heavy (non-hydrogen) atoms. The lowest BCUT2D eigenvalue weighted by molar-refractivity contribution is 0.661. The van der Waals surface area contributed by atoms with Crippen molar-refractivity contribution in [3.05, 3.63) is 386 Å². The van der Waals surface area contributed by atoms with Gasteiger partial charge in [-0.1, -0.05) is 337 Å². The third-order valence-corrected chi connectivity index (χ3v) is 25.7. The Kier molecular flexibility index (Phi) is 14.3. The molecule has 1 nitrogen and oxygen atoms in total. The molecule has 2 aromatic heterocycles. The molecule has 0 atom stereocenters. The summed E-state index contributed by atoms with van der Waals surface area (Å²) in [5, 5.41) is 20.2. The molecule has 0 radical (unpaired) electrons. The number of rotatable bonds is 7. The highest BCUT2D eigenvalue weighted by atomic mass is 32.1. The van der Waals surface area contributed by atoms with Crippen LogP contribution in [0.1, 0.15) is 49.9 Å². The second kappa shape index (κ2) is 24.7. The fourth-order valence-corrected chi connectivity index (χ4v) is 20.6. The van der Waals surface area contributed by atoms with Gasteiger partial charge in [-0.15, -0.1) is 11.3 Å². The minimum absolute atomic E-state index is 0.0815. The van der Waals surface area contributed by atoms with Gasteiger partial charge in [-0.05, 0) is 231 Å². The Labute approximate surface area is 642 Å². The van der Waals surface area contributed by atoms with Gasteiger partial charge in [-0.3, -0.25) is 0 Å². The fourth-order valence-electron chi connectivity index (χ4n) is 19.4. The molecule has 19 aromatic carbocycles. The molecule has 23 rings (SSSR count). The molecule has 2 aliphatic carbocycles. The van der Waals surface area contributed by atoms with E-state index in [-0.39, 0.29) is 10.8 Å². The average molecular weight is 1420 g/mol. The van der Waals surface area contributed by atoms with Crippen molar-refractivity contribution in [3.8, 4) is 100 Å². The Morgan fingerprint density at radius 2 is 0.536 bits per heavy atom. The second-order valence-corrected chi connectivity index (χ2v) is 32.2. The van der Waals surface area contributed by atoms with E-state index in [0.717, 1.165) is 33.1 Å². The third-order valence-electron chi connectivity index (χ3n) is 24.5. The topological polar surface area (TPSA) is 13.1 Å². The first kappa shape index (κ1) is 64.0. The van der Waals surface area contributed by atoms with Crippen LogP contribution in [0.15, 0.2) is 368 Å². The molecule has 0 aliphatic heterocycles. The van der Waals surface area contributed by atoms with Crippen LogP contribution in [0.2, 0.25) is 0 Å². The molecule has 0 spiro atoms. The van der Waals surface area contributed by atoms with Gasteiger partial charge in [0.1, 0.15) is 11.2 Å². The standard InChI is InChI=1S/C57H38O.C51H34S/c1-57(2)50-29-14-26-41(55(50)49-33-35-15-3-4-16-36(35)34-51(49)57)37-17-11-19-39(31-37)53-44-22-5-7-24-46(44)54(47-25-8-6-23-45(47)53)40-20-12-18-38(32-40)42-27-13-28-48-43-21-9-10-30-52(43)58-56(42)48;1-51(2)44-26-13-23-35(49(44)43-29-31-14-3-4-15-32(31)30-45(43)51)33-16-11-17-34(28-33)47-37-19-5-7-21-39(37)48(40-22-8-6-20-38(40)47)42-25-12-24-41-36-18-9-10-27-46(36)52-50(41)42/h3-34H,1-2H3;3-30H,1-2H3. The monoisotopic (exact) mass is 1420 g/mol. The number of hydrogen-bond donors (Lipinski definition) is 0. The summed E-state index contributed by atoms with van der Waals surface area (Å²) in [5.74, 6) is 0. The van der Waals surface area contributed by atoms with Crippen molar-refractivity contribution < 1.29 is 4.42 Å². The van der Waals surface area contributed by atoms with Crippen LogP contribution in [0.4, 0.5) is 0 Å². The molecular formula is C108H72OS. The number of thiophene rings is 1. The zero-order valence-electron chi connectivity index (χ0n) is 61.5. The predicted molar refractivity (Wildman–Crippen MR) is 471 cm³/mol. The van der Waals surface area contributed by atoms with Crippen molar-refractivity contribution in [3.63, 3.8) is 0 Å². The molecule has 0 fully saturated rings. The van der Waals surface area contributed by atoms with Gasteiger partial charge < -0.3 is 4.42 Å². The van der Waals surface area contributed by atoms with E-state index in [1.807, 2.05) is 17.4 Å². The van der Waals surface area contributed by atoms with Gasteiger partial charge in [0, 0.05) is 52.9 Å². The maximum atomic E-state index is 6.50. The molecular weight excluding hydrogens is 1350 g/mol. The van der Waals surface area contributed by atoms with Crippen LogP contribution in [0.5, 0.6) is 0 Å². The first-order valence-corrected chi connectivity index (χ1v) is 39.3. The number of fused-ring (bicyclic) bond motifs is 18. The Hall–Kier alpha value is -13.2. The highest BCUT2D eigenvalue weighted by Gasteiger charge is 2.39. The van der Waals surface area contributed by atoms with E-state index in [0.29, 0.717) is 0 Å². The average Bonchev–Trinajstić information content (AvgIpc) is 1.64. The van der Waals surface area contributed by atoms with Gasteiger partial charge in [0.2, 0.25) is 0 Å². The lowest BCUT2D eigenvalue weighted by atomic mass is 9.81. The number of para-hydroxylation sites is 2. The van der Waals surface area contributed by atoms with E-state index in [1.54, 1.807) is 0 Å². The summed E-state index contributed by atoms with van der Waals surface area (Å²) in [6, 6.07) is 135. The Balaban J connectivity index is 0.000000136. The lowest BCUT2D eigenvalue weighted by Gasteiger charge is -2.22. The molecule has 2 aliphatic rings. The van der Waals surface area contributed by atoms with Crippen LogP contribution >= 0.6 is 11.3 Å². The van der Waals surface area contributed by atoms with Crippen molar-refractivity contribution >= 4 is 118 Å². The van der Waals surface area contributed by atoms with E-state index in [4.69, 9.17) is 4.42 Å². The summed E-state index contributed by atoms with van der Waals surface area (Å²) in [5.41, 5.74) is 30.0. The minimum Gasteiger partial charge on any atom is -0.455 e. The van der Waals surface area contributed by atoms with Crippen LogP contribution in [-0.4, -0.2) is 0 Å². The first-order valence-electron chi connectivity index (χ1n) is 38.4. The molecule has 0 amide bonds. The normalized spacial score (nSPS) is 13.2. The summed E-state index contributed by atoms with van der Waals surface area (Å²) < 4.78 is 9.18. The van der Waals surface area contributed by atoms with Crippen molar-refractivity contribution in [1.29, 1.82) is 0 Å². The van der Waals surface area contributed by atoms with Gasteiger partial charge in [0.15, 0.2) is 0 Å². The molecule has 0 bridgehead atoms. The van der Waals surface area contributed by atoms with E-state index >= 15 is 0 Å². The van der Waals surface area contributed by atoms with Crippen molar-refractivity contribution in [2.75, 3.05) is 0 Å². The van der Waals surface area contributed by atoms with Crippen molar-refractivity contribution in [2.24, 2.45) is 0 Å². The summed E-state index contributed by atoms with van der Waals surface area (Å²) in [7, 11) is 0. The van der Waals surface area contributed by atoms with E-state index < -0.39 is 0 Å². The van der Waals surface area contributed by atoms with Gasteiger partial charge in [0.25, 0.3) is 0 Å². The van der Waals surface area contributed by atoms with Crippen molar-refractivity contribution in [1.82, 2.24) is 0 Å². The molecule has 0 saturated heterocycles. The van der Waals surface area contributed by atoms with Crippen LogP contribution in [0.25, 0.3) is 207 Å². The summed E-state index contributed by atoms with van der Waals surface area (Å²) in [6.07, 6.45) is 0. The highest BCUT2D eigenvalue weighted by molar-refractivity contribution is 7.26. The Morgan fingerprint density at radius 3 is 1.00 bits per heavy atom. The summed E-state index contributed by atoms with van der Waals surface area (Å²) in [4.78, 5) is 0. The Bertz CT molecular complexity index is 7360. The molecule has 516 valence electrons. The number of benzene rings is 19. The number of hydrogen-bond acceptors (Lipinski definition) is 2. The van der Waals surface area contributed by atoms with Crippen LogP contribution < -0.4 is 0 Å². The van der Waals surface area contributed by atoms with E-state index in [1.165, 1.54) is 196 Å². The van der Waals surface area contributed by atoms with Crippen LogP contribution in [0.3, 0.4) is 0 Å². The SMILES string of the molecule is CC1(C)c2cc3ccccc3cc2-c2c(-c3cccc(-c4c5ccccc5c(-c5cccc(-c6cccc7c6oc6ccccc67)c5)c5ccccc45)c3)cccc21.CC1(C)c2cc3ccccc3cc2-c2c(-c3cccc(-c4c5ccccc5c(-c5cccc6c5sc5ccccc56)c5ccccc45)c3)cccc21. The molecule has 2 heteroatoms. The molecule has 0 saturated carbocycles. The van der Waals surface area contributed by atoms with E-state index in [9.17, 15) is 0 Å². The predicted octanol–water partition coefficient (Wildman–Crippen LogP) is 30.8. The third kappa shape index (κ3) is 9.72. The van der Waals surface area contributed by atoms with Crippen LogP contribution in [0, 0.1) is 0 Å². The summed E-state index contributed by atoms with van der Waals surface area (Å²) >= 11 is 1.91. The van der Waals surface area contributed by atoms with Gasteiger partial charge >= 0.3 is 0 Å².